The molecule has 1 aromatic rings. The van der Waals surface area contributed by atoms with Crippen molar-refractivity contribution in [2.24, 2.45) is 11.7 Å². The van der Waals surface area contributed by atoms with E-state index in [1.807, 2.05) is 13.8 Å². The zero-order valence-corrected chi connectivity index (χ0v) is 12.9. The van der Waals surface area contributed by atoms with Gasteiger partial charge in [0.2, 0.25) is 5.91 Å². The summed E-state index contributed by atoms with van der Waals surface area (Å²) in [6.07, 6.45) is 0.604. The Labute approximate surface area is 124 Å². The monoisotopic (exact) mass is 293 g/mol. The summed E-state index contributed by atoms with van der Waals surface area (Å²) in [6.45, 7) is 7.47. The third-order valence-corrected chi connectivity index (χ3v) is 3.35. The molecule has 0 spiro atoms. The van der Waals surface area contributed by atoms with Crippen LogP contribution in [-0.2, 0) is 4.79 Å². The van der Waals surface area contributed by atoms with Crippen molar-refractivity contribution in [3.05, 3.63) is 39.4 Å². The van der Waals surface area contributed by atoms with Crippen LogP contribution in [0.3, 0.4) is 0 Å². The minimum absolute atomic E-state index is 0.0556. The zero-order chi connectivity index (χ0) is 16.2. The molecular formula is C15H23N3O3. The van der Waals surface area contributed by atoms with Crippen LogP contribution in [0.25, 0.3) is 0 Å². The van der Waals surface area contributed by atoms with Gasteiger partial charge in [0.05, 0.1) is 17.0 Å². The molecule has 3 N–H and O–H groups in total. The number of nitrogens with one attached hydrogen (secondary N) is 1. The van der Waals surface area contributed by atoms with Crippen molar-refractivity contribution in [1.82, 2.24) is 5.32 Å². The molecule has 2 atom stereocenters. The van der Waals surface area contributed by atoms with Gasteiger partial charge in [0.1, 0.15) is 0 Å². The van der Waals surface area contributed by atoms with E-state index in [-0.39, 0.29) is 17.6 Å². The van der Waals surface area contributed by atoms with Crippen LogP contribution in [0.15, 0.2) is 18.2 Å². The number of nitro benzene ring substituents is 1. The largest absolute Gasteiger partial charge is 0.348 e. The standard InChI is InChI=1S/C15H23N3O3/c1-9(2)7-13(16)15(19)17-11(4)12-6-5-10(3)14(8-12)18(20)21/h5-6,8-9,11,13H,7,16H2,1-4H3,(H,17,19)/t11?,13-/m0/s1. The van der Waals surface area contributed by atoms with Crippen molar-refractivity contribution in [2.45, 2.75) is 46.2 Å². The Hall–Kier alpha value is -1.95. The van der Waals surface area contributed by atoms with Crippen LogP contribution in [0.5, 0.6) is 0 Å². The predicted octanol–water partition coefficient (Wildman–Crippen LogP) is 2.45. The molecule has 21 heavy (non-hydrogen) atoms. The Balaban J connectivity index is 2.80. The molecule has 0 fully saturated rings. The average Bonchev–Trinajstić information content (AvgIpc) is 2.37. The second-order valence-electron chi connectivity index (χ2n) is 5.77. The Kier molecular flexibility index (Phi) is 5.84. The molecule has 116 valence electrons. The van der Waals surface area contributed by atoms with Crippen LogP contribution in [0, 0.1) is 23.0 Å². The van der Waals surface area contributed by atoms with Gasteiger partial charge in [-0.25, -0.2) is 0 Å². The van der Waals surface area contributed by atoms with E-state index in [9.17, 15) is 14.9 Å². The quantitative estimate of drug-likeness (QED) is 0.621. The zero-order valence-electron chi connectivity index (χ0n) is 12.9. The van der Waals surface area contributed by atoms with E-state index < -0.39 is 11.0 Å². The van der Waals surface area contributed by atoms with Crippen LogP contribution < -0.4 is 11.1 Å². The van der Waals surface area contributed by atoms with Crippen LogP contribution in [0.1, 0.15) is 44.4 Å². The Morgan fingerprint density at radius 3 is 2.52 bits per heavy atom. The molecule has 0 aromatic heterocycles. The van der Waals surface area contributed by atoms with Gasteiger partial charge in [-0.3, -0.25) is 14.9 Å². The molecule has 0 saturated heterocycles. The molecule has 1 aromatic carbocycles. The van der Waals surface area contributed by atoms with E-state index in [0.29, 0.717) is 23.5 Å². The lowest BCUT2D eigenvalue weighted by atomic mass is 10.0. The van der Waals surface area contributed by atoms with Crippen LogP contribution in [0.4, 0.5) is 5.69 Å². The van der Waals surface area contributed by atoms with Crippen molar-refractivity contribution < 1.29 is 9.72 Å². The molecule has 0 saturated carbocycles. The number of hydrogen-bond donors (Lipinski definition) is 2. The summed E-state index contributed by atoms with van der Waals surface area (Å²) in [7, 11) is 0. The first kappa shape index (κ1) is 17.1. The molecule has 6 heteroatoms. The highest BCUT2D eigenvalue weighted by atomic mass is 16.6. The van der Waals surface area contributed by atoms with Crippen molar-refractivity contribution in [3.63, 3.8) is 0 Å². The van der Waals surface area contributed by atoms with E-state index >= 15 is 0 Å². The van der Waals surface area contributed by atoms with E-state index in [1.165, 1.54) is 6.07 Å². The van der Waals surface area contributed by atoms with E-state index in [0.717, 1.165) is 0 Å². The topological polar surface area (TPSA) is 98.3 Å². The second kappa shape index (κ2) is 7.17. The van der Waals surface area contributed by atoms with Gasteiger partial charge in [0.15, 0.2) is 0 Å². The number of benzene rings is 1. The lowest BCUT2D eigenvalue weighted by Gasteiger charge is -2.19. The molecule has 1 amide bonds. The fourth-order valence-corrected chi connectivity index (χ4v) is 2.11. The Morgan fingerprint density at radius 1 is 1.38 bits per heavy atom. The number of carbonyl (C=O) groups is 1. The molecule has 1 unspecified atom stereocenters. The number of rotatable bonds is 6. The summed E-state index contributed by atoms with van der Waals surface area (Å²) >= 11 is 0. The van der Waals surface area contributed by atoms with Gasteiger partial charge < -0.3 is 11.1 Å². The highest BCUT2D eigenvalue weighted by molar-refractivity contribution is 5.81. The van der Waals surface area contributed by atoms with Gasteiger partial charge in [0.25, 0.3) is 5.69 Å². The lowest BCUT2D eigenvalue weighted by Crippen LogP contribution is -2.42. The maximum absolute atomic E-state index is 12.0. The van der Waals surface area contributed by atoms with E-state index in [1.54, 1.807) is 26.0 Å². The van der Waals surface area contributed by atoms with Gasteiger partial charge in [-0.05, 0) is 31.7 Å². The summed E-state index contributed by atoms with van der Waals surface area (Å²) in [5, 5.41) is 13.7. The first-order valence-electron chi connectivity index (χ1n) is 7.03. The number of hydrogen-bond acceptors (Lipinski definition) is 4. The van der Waals surface area contributed by atoms with Crippen molar-refractivity contribution in [1.29, 1.82) is 0 Å². The summed E-state index contributed by atoms with van der Waals surface area (Å²) in [5.74, 6) is 0.0981. The summed E-state index contributed by atoms with van der Waals surface area (Å²) in [5.41, 5.74) is 7.17. The minimum atomic E-state index is -0.562. The van der Waals surface area contributed by atoms with Crippen LogP contribution in [0.2, 0.25) is 0 Å². The normalized spacial score (nSPS) is 13.8. The molecule has 0 radical (unpaired) electrons. The number of carbonyl (C=O) groups excluding carboxylic acids is 1. The Bertz CT molecular complexity index is 529. The van der Waals surface area contributed by atoms with Gasteiger partial charge in [-0.2, -0.15) is 0 Å². The molecule has 0 aliphatic heterocycles. The van der Waals surface area contributed by atoms with E-state index in [2.05, 4.69) is 5.32 Å². The number of nitro groups is 1. The fraction of sp³-hybridized carbons (Fsp3) is 0.533. The molecule has 0 heterocycles. The number of amides is 1. The van der Waals surface area contributed by atoms with Crippen molar-refractivity contribution >= 4 is 11.6 Å². The third-order valence-electron chi connectivity index (χ3n) is 3.35. The van der Waals surface area contributed by atoms with E-state index in [4.69, 9.17) is 5.73 Å². The Morgan fingerprint density at radius 2 is 2.00 bits per heavy atom. The molecule has 0 aliphatic carbocycles. The maximum Gasteiger partial charge on any atom is 0.272 e. The molecular weight excluding hydrogens is 270 g/mol. The number of aryl methyl sites for hydroxylation is 1. The molecule has 6 nitrogen and oxygen atoms in total. The van der Waals surface area contributed by atoms with Gasteiger partial charge >= 0.3 is 0 Å². The van der Waals surface area contributed by atoms with Crippen LogP contribution >= 0.6 is 0 Å². The van der Waals surface area contributed by atoms with Gasteiger partial charge in [-0.1, -0.05) is 26.0 Å². The minimum Gasteiger partial charge on any atom is -0.348 e. The van der Waals surface area contributed by atoms with Crippen molar-refractivity contribution in [3.8, 4) is 0 Å². The SMILES string of the molecule is Cc1ccc(C(C)NC(=O)[C@@H](N)CC(C)C)cc1[N+](=O)[O-]. The van der Waals surface area contributed by atoms with Gasteiger partial charge in [-0.15, -0.1) is 0 Å². The van der Waals surface area contributed by atoms with Crippen molar-refractivity contribution in [2.75, 3.05) is 0 Å². The second-order valence-corrected chi connectivity index (χ2v) is 5.77. The number of nitrogens with two attached hydrogens (primary N) is 1. The van der Waals surface area contributed by atoms with Crippen LogP contribution in [-0.4, -0.2) is 16.9 Å². The average molecular weight is 293 g/mol. The highest BCUT2D eigenvalue weighted by Crippen LogP contribution is 2.23. The molecule has 1 rings (SSSR count). The lowest BCUT2D eigenvalue weighted by molar-refractivity contribution is -0.385. The predicted molar refractivity (Wildman–Crippen MR) is 81.8 cm³/mol. The summed E-state index contributed by atoms with van der Waals surface area (Å²) < 4.78 is 0. The summed E-state index contributed by atoms with van der Waals surface area (Å²) in [6, 6.07) is 4.07. The summed E-state index contributed by atoms with van der Waals surface area (Å²) in [4.78, 5) is 22.5. The smallest absolute Gasteiger partial charge is 0.272 e. The molecule has 0 bridgehead atoms. The maximum atomic E-state index is 12.0. The van der Waals surface area contributed by atoms with Gasteiger partial charge in [0, 0.05) is 11.6 Å². The first-order chi connectivity index (χ1) is 9.72. The number of nitrogens with zero attached hydrogens (tertiary/aromatic N) is 1. The molecule has 0 aliphatic rings. The third kappa shape index (κ3) is 4.82. The highest BCUT2D eigenvalue weighted by Gasteiger charge is 2.19. The first-order valence-corrected chi connectivity index (χ1v) is 7.03. The fourth-order valence-electron chi connectivity index (χ4n) is 2.11.